The molecule has 25 heavy (non-hydrogen) atoms. The number of aromatic amines is 2. The molecule has 2 aromatic heterocycles. The van der Waals surface area contributed by atoms with Crippen molar-refractivity contribution < 1.29 is 4.79 Å². The molecular formula is C17H18N6O2. The number of carbonyl (C=O) groups excluding carboxylic acids is 1. The Balaban J connectivity index is 1.65. The van der Waals surface area contributed by atoms with Crippen molar-refractivity contribution in [1.82, 2.24) is 30.3 Å². The van der Waals surface area contributed by atoms with Crippen LogP contribution in [0.15, 0.2) is 29.1 Å². The molecule has 1 atom stereocenters. The Morgan fingerprint density at radius 2 is 2.00 bits per heavy atom. The number of piperidine rings is 1. The molecular weight excluding hydrogens is 320 g/mol. The van der Waals surface area contributed by atoms with Crippen LogP contribution in [0.2, 0.25) is 0 Å². The van der Waals surface area contributed by atoms with E-state index in [1.165, 1.54) is 0 Å². The van der Waals surface area contributed by atoms with Gasteiger partial charge < -0.3 is 4.90 Å². The fourth-order valence-corrected chi connectivity index (χ4v) is 3.34. The number of hydrogen-bond donors (Lipinski definition) is 2. The van der Waals surface area contributed by atoms with E-state index in [0.717, 1.165) is 24.5 Å². The Labute approximate surface area is 143 Å². The minimum atomic E-state index is -0.292. The lowest BCUT2D eigenvalue weighted by molar-refractivity contribution is 0.0699. The Morgan fingerprint density at radius 3 is 2.76 bits per heavy atom. The average molecular weight is 338 g/mol. The number of aromatic nitrogens is 5. The fraction of sp³-hybridized carbons (Fsp3) is 0.353. The first kappa shape index (κ1) is 15.5. The summed E-state index contributed by atoms with van der Waals surface area (Å²) in [6.45, 7) is 3.07. The van der Waals surface area contributed by atoms with E-state index < -0.39 is 0 Å². The van der Waals surface area contributed by atoms with E-state index in [4.69, 9.17) is 0 Å². The third-order valence-corrected chi connectivity index (χ3v) is 4.59. The second-order valence-electron chi connectivity index (χ2n) is 6.32. The zero-order valence-corrected chi connectivity index (χ0v) is 13.8. The van der Waals surface area contributed by atoms with Crippen LogP contribution in [0.5, 0.6) is 0 Å². The number of nitrogens with one attached hydrogen (secondary N) is 2. The second kappa shape index (κ2) is 6.12. The molecule has 0 saturated carbocycles. The average Bonchev–Trinajstić information content (AvgIpc) is 3.08. The molecule has 1 aliphatic rings. The highest BCUT2D eigenvalue weighted by Crippen LogP contribution is 2.26. The number of fused-ring (bicyclic) bond motifs is 1. The zero-order chi connectivity index (χ0) is 17.4. The van der Waals surface area contributed by atoms with Gasteiger partial charge in [-0.05, 0) is 25.8 Å². The van der Waals surface area contributed by atoms with Gasteiger partial charge in [-0.1, -0.05) is 18.2 Å². The third kappa shape index (κ3) is 2.79. The van der Waals surface area contributed by atoms with Gasteiger partial charge in [0.2, 0.25) is 0 Å². The van der Waals surface area contributed by atoms with Gasteiger partial charge >= 0.3 is 0 Å². The summed E-state index contributed by atoms with van der Waals surface area (Å²) in [5.41, 5.74) is -0.0121. The van der Waals surface area contributed by atoms with E-state index in [-0.39, 0.29) is 23.1 Å². The standard InChI is InChI=1S/C17H18N6O2/c1-10-18-15(21-19-10)11-5-4-8-23(9-11)17(25)14-12-6-2-3-7-13(12)16(24)22-20-14/h2-3,6-7,11H,4-5,8-9H2,1H3,(H,22,24)(H,18,19,21). The molecule has 3 aromatic rings. The number of benzene rings is 1. The number of likely N-dealkylation sites (tertiary alicyclic amines) is 1. The molecule has 1 saturated heterocycles. The van der Waals surface area contributed by atoms with E-state index in [0.29, 0.717) is 23.9 Å². The summed E-state index contributed by atoms with van der Waals surface area (Å²) in [5.74, 6) is 1.45. The van der Waals surface area contributed by atoms with Gasteiger partial charge in [-0.3, -0.25) is 14.7 Å². The highest BCUT2D eigenvalue weighted by molar-refractivity contribution is 6.04. The summed E-state index contributed by atoms with van der Waals surface area (Å²) in [6.07, 6.45) is 1.83. The van der Waals surface area contributed by atoms with Crippen molar-refractivity contribution in [3.8, 4) is 0 Å². The lowest BCUT2D eigenvalue weighted by Gasteiger charge is -2.31. The number of nitrogens with zero attached hydrogens (tertiary/aromatic N) is 4. The number of H-pyrrole nitrogens is 2. The Morgan fingerprint density at radius 1 is 1.20 bits per heavy atom. The number of aryl methyl sites for hydroxylation is 1. The van der Waals surface area contributed by atoms with Crippen LogP contribution in [0, 0.1) is 6.92 Å². The highest BCUT2D eigenvalue weighted by atomic mass is 16.2. The molecule has 1 unspecified atom stereocenters. The second-order valence-corrected chi connectivity index (χ2v) is 6.32. The molecule has 8 heteroatoms. The van der Waals surface area contributed by atoms with E-state index in [2.05, 4.69) is 25.4 Å². The first-order valence-corrected chi connectivity index (χ1v) is 8.29. The summed E-state index contributed by atoms with van der Waals surface area (Å²) in [5, 5.41) is 14.6. The van der Waals surface area contributed by atoms with Crippen molar-refractivity contribution in [3.63, 3.8) is 0 Å². The summed E-state index contributed by atoms with van der Waals surface area (Å²) in [4.78, 5) is 31.1. The first-order valence-electron chi connectivity index (χ1n) is 8.29. The third-order valence-electron chi connectivity index (χ3n) is 4.59. The summed E-state index contributed by atoms with van der Waals surface area (Å²) in [6, 6.07) is 7.02. The van der Waals surface area contributed by atoms with Crippen LogP contribution in [0.3, 0.4) is 0 Å². The molecule has 4 rings (SSSR count). The van der Waals surface area contributed by atoms with Gasteiger partial charge in [-0.2, -0.15) is 10.2 Å². The maximum absolute atomic E-state index is 13.0. The van der Waals surface area contributed by atoms with Crippen LogP contribution in [0.1, 0.15) is 40.9 Å². The topological polar surface area (TPSA) is 108 Å². The SMILES string of the molecule is Cc1nc(C2CCCN(C(=O)c3n[nH]c(=O)c4ccccc34)C2)n[nH]1. The quantitative estimate of drug-likeness (QED) is 0.734. The summed E-state index contributed by atoms with van der Waals surface area (Å²) >= 11 is 0. The monoisotopic (exact) mass is 338 g/mol. The lowest BCUT2D eigenvalue weighted by Crippen LogP contribution is -2.40. The minimum absolute atomic E-state index is 0.108. The van der Waals surface area contributed by atoms with E-state index >= 15 is 0 Å². The van der Waals surface area contributed by atoms with Crippen molar-refractivity contribution in [2.45, 2.75) is 25.7 Å². The van der Waals surface area contributed by atoms with Gasteiger partial charge in [0.1, 0.15) is 5.82 Å². The Hall–Kier alpha value is -3.03. The van der Waals surface area contributed by atoms with Crippen LogP contribution in [-0.2, 0) is 0 Å². The molecule has 8 nitrogen and oxygen atoms in total. The smallest absolute Gasteiger partial charge is 0.274 e. The van der Waals surface area contributed by atoms with Crippen LogP contribution in [-0.4, -0.2) is 49.3 Å². The van der Waals surface area contributed by atoms with Crippen LogP contribution in [0.25, 0.3) is 10.8 Å². The molecule has 0 aliphatic carbocycles. The number of hydrogen-bond acceptors (Lipinski definition) is 5. The molecule has 0 spiro atoms. The van der Waals surface area contributed by atoms with Crippen LogP contribution in [0.4, 0.5) is 0 Å². The normalized spacial score (nSPS) is 17.8. The molecule has 1 fully saturated rings. The van der Waals surface area contributed by atoms with Crippen molar-refractivity contribution in [3.05, 3.63) is 52.0 Å². The molecule has 1 amide bonds. The highest BCUT2D eigenvalue weighted by Gasteiger charge is 2.29. The van der Waals surface area contributed by atoms with Crippen molar-refractivity contribution in [1.29, 1.82) is 0 Å². The predicted octanol–water partition coefficient (Wildman–Crippen LogP) is 1.37. The van der Waals surface area contributed by atoms with E-state index in [1.807, 2.05) is 6.92 Å². The largest absolute Gasteiger partial charge is 0.337 e. The maximum Gasteiger partial charge on any atom is 0.274 e. The number of carbonyl (C=O) groups is 1. The van der Waals surface area contributed by atoms with Gasteiger partial charge in [0, 0.05) is 24.4 Å². The van der Waals surface area contributed by atoms with Crippen LogP contribution < -0.4 is 5.56 Å². The summed E-state index contributed by atoms with van der Waals surface area (Å²) < 4.78 is 0. The van der Waals surface area contributed by atoms with E-state index in [9.17, 15) is 9.59 Å². The first-order chi connectivity index (χ1) is 12.1. The van der Waals surface area contributed by atoms with Crippen molar-refractivity contribution in [2.24, 2.45) is 0 Å². The van der Waals surface area contributed by atoms with Gasteiger partial charge in [0.25, 0.3) is 11.5 Å². The Bertz CT molecular complexity index is 992. The fourth-order valence-electron chi connectivity index (χ4n) is 3.34. The van der Waals surface area contributed by atoms with Crippen molar-refractivity contribution in [2.75, 3.05) is 13.1 Å². The van der Waals surface area contributed by atoms with Gasteiger partial charge in [0.15, 0.2) is 11.5 Å². The molecule has 0 bridgehead atoms. The van der Waals surface area contributed by atoms with Gasteiger partial charge in [0.05, 0.1) is 5.39 Å². The predicted molar refractivity (Wildman–Crippen MR) is 91.4 cm³/mol. The summed E-state index contributed by atoms with van der Waals surface area (Å²) in [7, 11) is 0. The molecule has 3 heterocycles. The maximum atomic E-state index is 13.0. The number of amides is 1. The molecule has 0 radical (unpaired) electrons. The molecule has 128 valence electrons. The molecule has 1 aromatic carbocycles. The minimum Gasteiger partial charge on any atom is -0.337 e. The molecule has 2 N–H and O–H groups in total. The van der Waals surface area contributed by atoms with Crippen LogP contribution >= 0.6 is 0 Å². The number of rotatable bonds is 2. The lowest BCUT2D eigenvalue weighted by atomic mass is 9.97. The van der Waals surface area contributed by atoms with Gasteiger partial charge in [-0.25, -0.2) is 10.1 Å². The van der Waals surface area contributed by atoms with Crippen molar-refractivity contribution >= 4 is 16.7 Å². The van der Waals surface area contributed by atoms with Gasteiger partial charge in [-0.15, -0.1) is 0 Å². The van der Waals surface area contributed by atoms with E-state index in [1.54, 1.807) is 29.2 Å². The Kier molecular flexibility index (Phi) is 3.79. The molecule has 1 aliphatic heterocycles. The zero-order valence-electron chi connectivity index (χ0n) is 13.8.